The van der Waals surface area contributed by atoms with Crippen molar-refractivity contribution in [2.45, 2.75) is 148 Å². The number of ether oxygens (including phenoxy) is 3. The van der Waals surface area contributed by atoms with E-state index in [0.717, 1.165) is 51.4 Å². The third-order valence-corrected chi connectivity index (χ3v) is 9.29. The van der Waals surface area contributed by atoms with Gasteiger partial charge in [-0.1, -0.05) is 174 Å². The Bertz CT molecular complexity index is 1390. The van der Waals surface area contributed by atoms with Crippen LogP contribution in [0, 0.1) is 0 Å². The van der Waals surface area contributed by atoms with Gasteiger partial charge in [-0.2, -0.15) is 0 Å². The molecule has 0 spiro atoms. The lowest BCUT2D eigenvalue weighted by Gasteiger charge is -2.31. The normalized spacial score (nSPS) is 14.1. The molecule has 0 amide bonds. The lowest BCUT2D eigenvalue weighted by Crippen LogP contribution is -2.50. The van der Waals surface area contributed by atoms with Crippen LogP contribution in [0.2, 0.25) is 0 Å². The second kappa shape index (κ2) is 41.5. The van der Waals surface area contributed by atoms with Crippen molar-refractivity contribution in [3.05, 3.63) is 122 Å². The number of hydrogen-bond acceptors (Lipinski definition) is 6. The molecule has 60 heavy (non-hydrogen) atoms. The molecular formula is C52H82NO7+. The molecule has 0 aromatic carbocycles. The summed E-state index contributed by atoms with van der Waals surface area (Å²) >= 11 is 0. The highest BCUT2D eigenvalue weighted by Crippen LogP contribution is 2.11. The molecule has 0 aromatic rings. The number of esters is 2. The van der Waals surface area contributed by atoms with E-state index in [2.05, 4.69) is 62.5 Å². The highest BCUT2D eigenvalue weighted by molar-refractivity contribution is 5.72. The minimum atomic E-state index is -0.896. The largest absolute Gasteiger partial charge is 0.477 e. The van der Waals surface area contributed by atoms with Crippen LogP contribution in [0.25, 0.3) is 0 Å². The molecular weight excluding hydrogens is 751 g/mol. The average Bonchev–Trinajstić information content (AvgIpc) is 3.21. The van der Waals surface area contributed by atoms with Crippen LogP contribution in [0.15, 0.2) is 122 Å². The summed E-state index contributed by atoms with van der Waals surface area (Å²) in [5.74, 6) is -1.61. The number of unbranched alkanes of at least 4 members (excludes halogenated alkanes) is 10. The number of carboxylic acids is 1. The quantitative estimate of drug-likeness (QED) is 0.0217. The van der Waals surface area contributed by atoms with E-state index in [1.165, 1.54) is 38.5 Å². The second-order valence-corrected chi connectivity index (χ2v) is 15.8. The van der Waals surface area contributed by atoms with Crippen LogP contribution in [-0.4, -0.2) is 80.6 Å². The zero-order chi connectivity index (χ0) is 44.2. The predicted molar refractivity (Wildman–Crippen MR) is 252 cm³/mol. The molecule has 0 rings (SSSR count). The molecule has 0 aliphatic heterocycles. The number of allylic oxidation sites excluding steroid dienone is 20. The molecule has 0 aliphatic rings. The van der Waals surface area contributed by atoms with E-state index in [4.69, 9.17) is 14.2 Å². The van der Waals surface area contributed by atoms with Crippen molar-refractivity contribution >= 4 is 17.9 Å². The number of nitrogens with zero attached hydrogens (tertiary/aromatic N) is 1. The number of quaternary nitrogens is 1. The Labute approximate surface area is 365 Å². The maximum absolute atomic E-state index is 12.7. The SMILES string of the molecule is CC/C=C/C=C/C=C/C=C/C=C/C=C/C=C/CCCCCC(=O)OCC(COCCC(C(=O)O)[N+](C)(C)C)OC(=O)CCC/C=C/C/C=C/C/C=C/CCCCCCCC. The van der Waals surface area contributed by atoms with Crippen molar-refractivity contribution in [1.82, 2.24) is 0 Å². The van der Waals surface area contributed by atoms with Crippen LogP contribution >= 0.6 is 0 Å². The van der Waals surface area contributed by atoms with Crippen LogP contribution in [-0.2, 0) is 28.6 Å². The van der Waals surface area contributed by atoms with Crippen molar-refractivity contribution in [2.24, 2.45) is 0 Å². The third kappa shape index (κ3) is 39.2. The van der Waals surface area contributed by atoms with Gasteiger partial charge in [-0.05, 0) is 64.2 Å². The van der Waals surface area contributed by atoms with Gasteiger partial charge in [-0.25, -0.2) is 4.79 Å². The summed E-state index contributed by atoms with van der Waals surface area (Å²) in [4.78, 5) is 37.0. The summed E-state index contributed by atoms with van der Waals surface area (Å²) in [5.41, 5.74) is 0. The number of carbonyl (C=O) groups is 3. The van der Waals surface area contributed by atoms with E-state index in [9.17, 15) is 19.5 Å². The molecule has 8 nitrogen and oxygen atoms in total. The first-order valence-electron chi connectivity index (χ1n) is 22.7. The highest BCUT2D eigenvalue weighted by atomic mass is 16.6. The number of rotatable bonds is 38. The molecule has 8 heteroatoms. The molecule has 0 saturated carbocycles. The van der Waals surface area contributed by atoms with Crippen molar-refractivity contribution in [3.8, 4) is 0 Å². The van der Waals surface area contributed by atoms with Gasteiger partial charge in [0, 0.05) is 19.3 Å². The zero-order valence-electron chi connectivity index (χ0n) is 38.1. The maximum Gasteiger partial charge on any atom is 0.362 e. The van der Waals surface area contributed by atoms with Gasteiger partial charge in [-0.15, -0.1) is 0 Å². The maximum atomic E-state index is 12.7. The Hall–Kier alpha value is -4.27. The third-order valence-electron chi connectivity index (χ3n) is 9.29. The van der Waals surface area contributed by atoms with Crippen LogP contribution in [0.4, 0.5) is 0 Å². The molecule has 336 valence electrons. The summed E-state index contributed by atoms with van der Waals surface area (Å²) in [6.07, 6.45) is 58.2. The minimum absolute atomic E-state index is 0.0167. The smallest absolute Gasteiger partial charge is 0.362 e. The number of aliphatic carboxylic acids is 1. The van der Waals surface area contributed by atoms with Gasteiger partial charge < -0.3 is 23.8 Å². The van der Waals surface area contributed by atoms with Crippen molar-refractivity contribution in [1.29, 1.82) is 0 Å². The molecule has 0 heterocycles. The van der Waals surface area contributed by atoms with Crippen molar-refractivity contribution in [3.63, 3.8) is 0 Å². The summed E-state index contributed by atoms with van der Waals surface area (Å²) in [7, 11) is 5.48. The van der Waals surface area contributed by atoms with E-state index in [1.807, 2.05) is 94.1 Å². The topological polar surface area (TPSA) is 99.1 Å². The molecule has 2 unspecified atom stereocenters. The number of hydrogen-bond donors (Lipinski definition) is 1. The van der Waals surface area contributed by atoms with Gasteiger partial charge in [0.05, 0.1) is 34.4 Å². The van der Waals surface area contributed by atoms with E-state index in [0.29, 0.717) is 19.3 Å². The zero-order valence-corrected chi connectivity index (χ0v) is 38.1. The Balaban J connectivity index is 4.56. The lowest BCUT2D eigenvalue weighted by atomic mass is 10.1. The van der Waals surface area contributed by atoms with Gasteiger partial charge in [0.2, 0.25) is 0 Å². The fraction of sp³-hybridized carbons (Fsp3) is 0.558. The number of likely N-dealkylation sites (N-methyl/N-ethyl adjacent to an activating group) is 1. The molecule has 0 bridgehead atoms. The summed E-state index contributed by atoms with van der Waals surface area (Å²) < 4.78 is 17.2. The monoisotopic (exact) mass is 833 g/mol. The molecule has 0 radical (unpaired) electrons. The molecule has 0 saturated heterocycles. The van der Waals surface area contributed by atoms with Crippen LogP contribution in [0.5, 0.6) is 0 Å². The summed E-state index contributed by atoms with van der Waals surface area (Å²) in [6.45, 7) is 4.45. The van der Waals surface area contributed by atoms with E-state index < -0.39 is 18.1 Å². The second-order valence-electron chi connectivity index (χ2n) is 15.8. The molecule has 0 fully saturated rings. The number of carboxylic acid groups (broad SMARTS) is 1. The Morgan fingerprint density at radius 3 is 1.58 bits per heavy atom. The van der Waals surface area contributed by atoms with Gasteiger partial charge in [0.25, 0.3) is 0 Å². The van der Waals surface area contributed by atoms with E-state index in [1.54, 1.807) is 0 Å². The number of carbonyl (C=O) groups excluding carboxylic acids is 2. The molecule has 0 aromatic heterocycles. The standard InChI is InChI=1S/C52H81NO7/c1-6-8-10-12-14-16-18-20-22-24-25-27-28-30-32-34-36-38-40-42-50(54)59-47-48(46-58-45-44-49(52(56)57)53(3,4)5)60-51(55)43-41-39-37-35-33-31-29-26-23-21-19-17-15-13-11-9-7-2/h8,10,12,14,16,18,20-25,27-32,35,37,48-49H,6-7,9,11,13,15,17,19,26,33-34,36,38-47H2,1-5H3/p+1/b10-8+,14-12+,18-16+,22-20+,23-21+,25-24+,28-27+,31-29+,32-30+,37-35+. The highest BCUT2D eigenvalue weighted by Gasteiger charge is 2.31. The van der Waals surface area contributed by atoms with Crippen molar-refractivity contribution in [2.75, 3.05) is 41.0 Å². The Morgan fingerprint density at radius 1 is 0.533 bits per heavy atom. The molecule has 1 N–H and O–H groups in total. The first kappa shape index (κ1) is 55.7. The molecule has 2 atom stereocenters. The lowest BCUT2D eigenvalue weighted by molar-refractivity contribution is -0.887. The summed E-state index contributed by atoms with van der Waals surface area (Å²) in [5, 5.41) is 9.63. The van der Waals surface area contributed by atoms with Gasteiger partial charge in [-0.3, -0.25) is 9.59 Å². The first-order chi connectivity index (χ1) is 29.1. The van der Waals surface area contributed by atoms with Crippen LogP contribution in [0.3, 0.4) is 0 Å². The van der Waals surface area contributed by atoms with Crippen LogP contribution < -0.4 is 0 Å². The fourth-order valence-corrected chi connectivity index (χ4v) is 5.79. The first-order valence-corrected chi connectivity index (χ1v) is 22.7. The van der Waals surface area contributed by atoms with Gasteiger partial charge >= 0.3 is 17.9 Å². The average molecular weight is 833 g/mol. The van der Waals surface area contributed by atoms with Gasteiger partial charge in [0.15, 0.2) is 12.1 Å². The Morgan fingerprint density at radius 2 is 1.02 bits per heavy atom. The Kier molecular flexibility index (Phi) is 38.5. The van der Waals surface area contributed by atoms with E-state index in [-0.39, 0.29) is 49.1 Å². The summed E-state index contributed by atoms with van der Waals surface area (Å²) in [6, 6.07) is -0.639. The minimum Gasteiger partial charge on any atom is -0.477 e. The van der Waals surface area contributed by atoms with Crippen molar-refractivity contribution < 1.29 is 38.2 Å². The van der Waals surface area contributed by atoms with E-state index >= 15 is 0 Å². The van der Waals surface area contributed by atoms with Crippen LogP contribution in [0.1, 0.15) is 136 Å². The molecule has 0 aliphatic carbocycles. The fourth-order valence-electron chi connectivity index (χ4n) is 5.79. The van der Waals surface area contributed by atoms with Gasteiger partial charge in [0.1, 0.15) is 6.61 Å². The predicted octanol–water partition coefficient (Wildman–Crippen LogP) is 12.6.